The third-order valence-electron chi connectivity index (χ3n) is 2.69. The second-order valence-corrected chi connectivity index (χ2v) is 5.49. The van der Waals surface area contributed by atoms with Gasteiger partial charge in [-0.15, -0.1) is 0 Å². The lowest BCUT2D eigenvalue weighted by Gasteiger charge is -2.05. The van der Waals surface area contributed by atoms with Crippen LogP contribution in [0.4, 0.5) is 5.82 Å². The number of aromatic amines is 1. The summed E-state index contributed by atoms with van der Waals surface area (Å²) in [5.74, 6) is 0.171. The van der Waals surface area contributed by atoms with Gasteiger partial charge in [-0.05, 0) is 12.5 Å². The maximum Gasteiger partial charge on any atom is 0.253 e. The van der Waals surface area contributed by atoms with Crippen molar-refractivity contribution in [2.24, 2.45) is 0 Å². The Kier molecular flexibility index (Phi) is 4.99. The number of hydrogen-bond acceptors (Lipinski definition) is 5. The van der Waals surface area contributed by atoms with E-state index >= 15 is 0 Å². The molecule has 0 atom stereocenters. The molecule has 0 aliphatic carbocycles. The molecule has 1 aromatic heterocycles. The first-order valence-corrected chi connectivity index (χ1v) is 7.33. The minimum Gasteiger partial charge on any atom is -0.383 e. The lowest BCUT2D eigenvalue weighted by Crippen LogP contribution is -2.24. The summed E-state index contributed by atoms with van der Waals surface area (Å²) in [7, 11) is 0. The molecule has 1 heterocycles. The van der Waals surface area contributed by atoms with Gasteiger partial charge in [-0.2, -0.15) is 0 Å². The molecule has 0 aliphatic heterocycles. The molecule has 0 radical (unpaired) electrons. The predicted molar refractivity (Wildman–Crippen MR) is 83.0 cm³/mol. The van der Waals surface area contributed by atoms with Crippen LogP contribution in [-0.2, 0) is 11.3 Å². The maximum atomic E-state index is 11.7. The number of nitrogens with two attached hydrogens (primary N) is 1. The Hall–Kier alpha value is -2.28. The summed E-state index contributed by atoms with van der Waals surface area (Å²) in [5, 5.41) is 3.15. The third kappa shape index (κ3) is 4.96. The minimum absolute atomic E-state index is 0.134. The second-order valence-electron chi connectivity index (χ2n) is 4.53. The van der Waals surface area contributed by atoms with Crippen LogP contribution in [0, 0.1) is 6.92 Å². The van der Waals surface area contributed by atoms with Crippen LogP contribution in [0.2, 0.25) is 0 Å². The van der Waals surface area contributed by atoms with E-state index in [1.54, 1.807) is 0 Å². The highest BCUT2D eigenvalue weighted by molar-refractivity contribution is 7.99. The van der Waals surface area contributed by atoms with E-state index < -0.39 is 0 Å². The van der Waals surface area contributed by atoms with E-state index in [0.717, 1.165) is 17.3 Å². The van der Waals surface area contributed by atoms with Crippen LogP contribution < -0.4 is 16.6 Å². The van der Waals surface area contributed by atoms with Gasteiger partial charge in [0, 0.05) is 12.6 Å². The molecule has 0 spiro atoms. The number of H-pyrrole nitrogens is 1. The van der Waals surface area contributed by atoms with Gasteiger partial charge in [0.2, 0.25) is 5.91 Å². The van der Waals surface area contributed by atoms with Gasteiger partial charge >= 0.3 is 0 Å². The van der Waals surface area contributed by atoms with Gasteiger partial charge in [-0.1, -0.05) is 41.6 Å². The van der Waals surface area contributed by atoms with E-state index in [0.29, 0.717) is 11.7 Å². The SMILES string of the molecule is Cc1ccc(CNC(=O)CSc2nc(N)cc(=O)[nH]2)cc1. The Morgan fingerprint density at radius 3 is 2.76 bits per heavy atom. The summed E-state index contributed by atoms with van der Waals surface area (Å²) in [5.41, 5.74) is 7.35. The second kappa shape index (κ2) is 6.94. The van der Waals surface area contributed by atoms with Crippen molar-refractivity contribution < 1.29 is 4.79 Å². The molecule has 21 heavy (non-hydrogen) atoms. The zero-order valence-electron chi connectivity index (χ0n) is 11.6. The van der Waals surface area contributed by atoms with Gasteiger partial charge in [0.15, 0.2) is 5.16 Å². The van der Waals surface area contributed by atoms with Crippen molar-refractivity contribution in [1.82, 2.24) is 15.3 Å². The molecule has 1 aromatic carbocycles. The molecule has 0 fully saturated rings. The molecular weight excluding hydrogens is 288 g/mol. The first-order chi connectivity index (χ1) is 10.0. The zero-order chi connectivity index (χ0) is 15.2. The van der Waals surface area contributed by atoms with Crippen LogP contribution in [0.5, 0.6) is 0 Å². The van der Waals surface area contributed by atoms with Gasteiger partial charge < -0.3 is 16.0 Å². The normalized spacial score (nSPS) is 10.3. The van der Waals surface area contributed by atoms with Crippen LogP contribution in [0.1, 0.15) is 11.1 Å². The Morgan fingerprint density at radius 2 is 2.10 bits per heavy atom. The molecule has 0 saturated heterocycles. The Balaban J connectivity index is 1.82. The molecule has 7 heteroatoms. The van der Waals surface area contributed by atoms with Crippen molar-refractivity contribution in [1.29, 1.82) is 0 Å². The minimum atomic E-state index is -0.329. The quantitative estimate of drug-likeness (QED) is 0.566. The Bertz CT molecular complexity index is 682. The zero-order valence-corrected chi connectivity index (χ0v) is 12.4. The van der Waals surface area contributed by atoms with E-state index in [1.807, 2.05) is 31.2 Å². The van der Waals surface area contributed by atoms with Gasteiger partial charge in [0.1, 0.15) is 5.82 Å². The van der Waals surface area contributed by atoms with E-state index in [2.05, 4.69) is 15.3 Å². The van der Waals surface area contributed by atoms with Gasteiger partial charge in [-0.3, -0.25) is 9.59 Å². The number of anilines is 1. The number of benzene rings is 1. The fourth-order valence-corrected chi connectivity index (χ4v) is 2.33. The van der Waals surface area contributed by atoms with Crippen LogP contribution in [-0.4, -0.2) is 21.6 Å². The fraction of sp³-hybridized carbons (Fsp3) is 0.214. The van der Waals surface area contributed by atoms with Crippen LogP contribution >= 0.6 is 11.8 Å². The average molecular weight is 304 g/mol. The van der Waals surface area contributed by atoms with Crippen molar-refractivity contribution >= 4 is 23.5 Å². The molecule has 110 valence electrons. The fourth-order valence-electron chi connectivity index (χ4n) is 1.61. The highest BCUT2D eigenvalue weighted by Crippen LogP contribution is 2.11. The number of aryl methyl sites for hydroxylation is 1. The van der Waals surface area contributed by atoms with Crippen molar-refractivity contribution in [3.8, 4) is 0 Å². The first kappa shape index (κ1) is 15.1. The lowest BCUT2D eigenvalue weighted by molar-refractivity contribution is -0.118. The van der Waals surface area contributed by atoms with Gasteiger partial charge in [0.05, 0.1) is 5.75 Å². The summed E-state index contributed by atoms with van der Waals surface area (Å²) in [6.07, 6.45) is 0. The summed E-state index contributed by atoms with van der Waals surface area (Å²) >= 11 is 1.14. The molecule has 0 bridgehead atoms. The topological polar surface area (TPSA) is 101 Å². The van der Waals surface area contributed by atoms with Crippen molar-refractivity contribution in [3.63, 3.8) is 0 Å². The van der Waals surface area contributed by atoms with Crippen LogP contribution in [0.3, 0.4) is 0 Å². The number of hydrogen-bond donors (Lipinski definition) is 3. The van der Waals surface area contributed by atoms with Crippen molar-refractivity contribution in [2.45, 2.75) is 18.6 Å². The van der Waals surface area contributed by atoms with Crippen LogP contribution in [0.15, 0.2) is 40.3 Å². The molecule has 0 saturated carbocycles. The number of nitrogens with zero attached hydrogens (tertiary/aromatic N) is 1. The Morgan fingerprint density at radius 1 is 1.38 bits per heavy atom. The van der Waals surface area contributed by atoms with E-state index in [9.17, 15) is 9.59 Å². The number of nitrogen functional groups attached to an aromatic ring is 1. The number of aromatic nitrogens is 2. The molecule has 4 N–H and O–H groups in total. The highest BCUT2D eigenvalue weighted by Gasteiger charge is 2.05. The maximum absolute atomic E-state index is 11.7. The third-order valence-corrected chi connectivity index (χ3v) is 3.56. The number of carbonyl (C=O) groups is 1. The molecule has 0 aliphatic rings. The number of rotatable bonds is 5. The van der Waals surface area contributed by atoms with Crippen molar-refractivity contribution in [3.05, 3.63) is 51.8 Å². The van der Waals surface area contributed by atoms with E-state index in [-0.39, 0.29) is 23.0 Å². The standard InChI is InChI=1S/C14H16N4O2S/c1-9-2-4-10(5-3-9)7-16-13(20)8-21-14-17-11(15)6-12(19)18-14/h2-6H,7-8H2,1H3,(H,16,20)(H3,15,17,18,19). The van der Waals surface area contributed by atoms with E-state index in [4.69, 9.17) is 5.73 Å². The molecule has 2 aromatic rings. The van der Waals surface area contributed by atoms with Gasteiger partial charge in [-0.25, -0.2) is 4.98 Å². The largest absolute Gasteiger partial charge is 0.383 e. The highest BCUT2D eigenvalue weighted by atomic mass is 32.2. The molecular formula is C14H16N4O2S. The van der Waals surface area contributed by atoms with Crippen LogP contribution in [0.25, 0.3) is 0 Å². The summed E-state index contributed by atoms with van der Waals surface area (Å²) in [4.78, 5) is 29.4. The summed E-state index contributed by atoms with van der Waals surface area (Å²) in [6, 6.07) is 9.14. The summed E-state index contributed by atoms with van der Waals surface area (Å²) < 4.78 is 0. The predicted octanol–water partition coefficient (Wildman–Crippen LogP) is 1.07. The monoisotopic (exact) mass is 304 g/mol. The Labute approximate surface area is 126 Å². The number of carbonyl (C=O) groups excluding carboxylic acids is 1. The summed E-state index contributed by atoms with van der Waals surface area (Å²) in [6.45, 7) is 2.49. The lowest BCUT2D eigenvalue weighted by atomic mass is 10.1. The van der Waals surface area contributed by atoms with Gasteiger partial charge in [0.25, 0.3) is 5.56 Å². The first-order valence-electron chi connectivity index (χ1n) is 6.35. The van der Waals surface area contributed by atoms with E-state index in [1.165, 1.54) is 11.6 Å². The number of nitrogens with one attached hydrogen (secondary N) is 2. The number of amides is 1. The smallest absolute Gasteiger partial charge is 0.253 e. The molecule has 1 amide bonds. The van der Waals surface area contributed by atoms with Crippen molar-refractivity contribution in [2.75, 3.05) is 11.5 Å². The molecule has 6 nitrogen and oxygen atoms in total. The molecule has 0 unspecified atom stereocenters. The molecule has 2 rings (SSSR count). The average Bonchev–Trinajstić information content (AvgIpc) is 2.43. The number of thioether (sulfide) groups is 1.